The topological polar surface area (TPSA) is 67.4 Å². The van der Waals surface area contributed by atoms with Gasteiger partial charge in [0.1, 0.15) is 0 Å². The van der Waals surface area contributed by atoms with Crippen molar-refractivity contribution in [2.24, 2.45) is 0 Å². The Morgan fingerprint density at radius 2 is 1.74 bits per heavy atom. The second-order valence-electron chi connectivity index (χ2n) is 4.83. The van der Waals surface area contributed by atoms with Crippen LogP contribution >= 0.6 is 15.9 Å². The molecule has 2 rings (SSSR count). The lowest BCUT2D eigenvalue weighted by atomic mass is 10.1. The number of amides is 2. The summed E-state index contributed by atoms with van der Waals surface area (Å²) >= 11 is 3.32. The van der Waals surface area contributed by atoms with Gasteiger partial charge in [0.2, 0.25) is 0 Å². The van der Waals surface area contributed by atoms with Crippen molar-refractivity contribution in [2.75, 3.05) is 12.4 Å². The van der Waals surface area contributed by atoms with Crippen molar-refractivity contribution >= 4 is 33.6 Å². The Balaban J connectivity index is 2.00. The van der Waals surface area contributed by atoms with Crippen LogP contribution in [-0.2, 0) is 16.0 Å². The van der Waals surface area contributed by atoms with E-state index in [2.05, 4.69) is 26.6 Å². The SMILES string of the molecule is CNC(=O)[C@H](Cc1ccccc1)OC(=O)Nc1ccc(Br)cc1. The minimum atomic E-state index is -0.891. The average molecular weight is 377 g/mol. The normalized spacial score (nSPS) is 11.4. The van der Waals surface area contributed by atoms with Crippen LogP contribution in [-0.4, -0.2) is 25.2 Å². The molecule has 2 aromatic carbocycles. The highest BCUT2D eigenvalue weighted by Gasteiger charge is 2.22. The van der Waals surface area contributed by atoms with Gasteiger partial charge in [0, 0.05) is 23.6 Å². The number of hydrogen-bond acceptors (Lipinski definition) is 3. The molecule has 0 spiro atoms. The predicted octanol–water partition coefficient (Wildman–Crippen LogP) is 3.35. The Morgan fingerprint density at radius 3 is 2.35 bits per heavy atom. The fourth-order valence-electron chi connectivity index (χ4n) is 1.99. The zero-order chi connectivity index (χ0) is 16.7. The van der Waals surface area contributed by atoms with Crippen LogP contribution in [0.2, 0.25) is 0 Å². The van der Waals surface area contributed by atoms with E-state index in [9.17, 15) is 9.59 Å². The van der Waals surface area contributed by atoms with Crippen LogP contribution in [0.15, 0.2) is 59.1 Å². The van der Waals surface area contributed by atoms with E-state index in [1.54, 1.807) is 24.3 Å². The molecule has 0 bridgehead atoms. The number of nitrogens with one attached hydrogen (secondary N) is 2. The van der Waals surface area contributed by atoms with E-state index in [-0.39, 0.29) is 5.91 Å². The lowest BCUT2D eigenvalue weighted by Gasteiger charge is -2.17. The van der Waals surface area contributed by atoms with Crippen LogP contribution < -0.4 is 10.6 Å². The highest BCUT2D eigenvalue weighted by Crippen LogP contribution is 2.15. The zero-order valence-electron chi connectivity index (χ0n) is 12.6. The number of likely N-dealkylation sites (N-methyl/N-ethyl adjacent to an activating group) is 1. The molecule has 0 fully saturated rings. The van der Waals surface area contributed by atoms with Crippen molar-refractivity contribution in [3.05, 3.63) is 64.6 Å². The zero-order valence-corrected chi connectivity index (χ0v) is 14.2. The second kappa shape index (κ2) is 8.33. The molecule has 2 N–H and O–H groups in total. The number of carbonyl (C=O) groups excluding carboxylic acids is 2. The first-order chi connectivity index (χ1) is 11.1. The Kier molecular flexibility index (Phi) is 6.17. The molecule has 0 aliphatic carbocycles. The van der Waals surface area contributed by atoms with E-state index < -0.39 is 12.2 Å². The van der Waals surface area contributed by atoms with Gasteiger partial charge in [-0.1, -0.05) is 46.3 Å². The number of benzene rings is 2. The maximum Gasteiger partial charge on any atom is 0.412 e. The molecule has 2 amide bonds. The molecule has 0 aliphatic heterocycles. The first-order valence-electron chi connectivity index (χ1n) is 7.07. The van der Waals surface area contributed by atoms with Gasteiger partial charge in [0.25, 0.3) is 5.91 Å². The molecule has 0 aliphatic rings. The van der Waals surface area contributed by atoms with Gasteiger partial charge < -0.3 is 10.1 Å². The van der Waals surface area contributed by atoms with Crippen LogP contribution in [0, 0.1) is 0 Å². The molecule has 0 radical (unpaired) electrons. The van der Waals surface area contributed by atoms with E-state index in [0.717, 1.165) is 10.0 Å². The summed E-state index contributed by atoms with van der Waals surface area (Å²) < 4.78 is 6.17. The summed E-state index contributed by atoms with van der Waals surface area (Å²) in [5, 5.41) is 5.11. The fraction of sp³-hybridized carbons (Fsp3) is 0.176. The van der Waals surface area contributed by atoms with Gasteiger partial charge in [-0.3, -0.25) is 10.1 Å². The van der Waals surface area contributed by atoms with Crippen LogP contribution in [0.3, 0.4) is 0 Å². The Hall–Kier alpha value is -2.34. The quantitative estimate of drug-likeness (QED) is 0.840. The first kappa shape index (κ1) is 17.0. The summed E-state index contributed by atoms with van der Waals surface area (Å²) in [6, 6.07) is 16.5. The van der Waals surface area contributed by atoms with Gasteiger partial charge in [-0.25, -0.2) is 4.79 Å². The summed E-state index contributed by atoms with van der Waals surface area (Å²) in [4.78, 5) is 23.9. The van der Waals surface area contributed by atoms with Gasteiger partial charge in [0.15, 0.2) is 6.10 Å². The first-order valence-corrected chi connectivity index (χ1v) is 7.86. The molecule has 0 saturated heterocycles. The summed E-state index contributed by atoms with van der Waals surface area (Å²) in [6.45, 7) is 0. The van der Waals surface area contributed by atoms with E-state index in [0.29, 0.717) is 12.1 Å². The van der Waals surface area contributed by atoms with E-state index in [1.165, 1.54) is 7.05 Å². The van der Waals surface area contributed by atoms with Crippen LogP contribution in [0.4, 0.5) is 10.5 Å². The summed E-state index contributed by atoms with van der Waals surface area (Å²) in [6.07, 6.45) is -1.25. The minimum absolute atomic E-state index is 0.314. The number of anilines is 1. The van der Waals surface area contributed by atoms with Crippen LogP contribution in [0.5, 0.6) is 0 Å². The van der Waals surface area contributed by atoms with Crippen molar-refractivity contribution in [2.45, 2.75) is 12.5 Å². The van der Waals surface area contributed by atoms with Gasteiger partial charge in [-0.2, -0.15) is 0 Å². The maximum absolute atomic E-state index is 12.0. The summed E-state index contributed by atoms with van der Waals surface area (Å²) in [5.74, 6) is -0.347. The summed E-state index contributed by atoms with van der Waals surface area (Å²) in [5.41, 5.74) is 1.51. The van der Waals surface area contributed by atoms with Crippen LogP contribution in [0.1, 0.15) is 5.56 Å². The molecule has 23 heavy (non-hydrogen) atoms. The molecule has 0 unspecified atom stereocenters. The van der Waals surface area contributed by atoms with Gasteiger partial charge >= 0.3 is 6.09 Å². The smallest absolute Gasteiger partial charge is 0.412 e. The van der Waals surface area contributed by atoms with Crippen molar-refractivity contribution in [3.63, 3.8) is 0 Å². The standard InChI is InChI=1S/C17H17BrN2O3/c1-19-16(21)15(11-12-5-3-2-4-6-12)23-17(22)20-14-9-7-13(18)8-10-14/h2-10,15H,11H2,1H3,(H,19,21)(H,20,22)/t15-/m0/s1. The van der Waals surface area contributed by atoms with E-state index in [4.69, 9.17) is 4.74 Å². The predicted molar refractivity (Wildman–Crippen MR) is 92.2 cm³/mol. The Morgan fingerprint density at radius 1 is 1.09 bits per heavy atom. The Labute approximate surface area is 143 Å². The number of rotatable bonds is 5. The molecular weight excluding hydrogens is 360 g/mol. The Bertz CT molecular complexity index is 659. The summed E-state index contributed by atoms with van der Waals surface area (Å²) in [7, 11) is 1.51. The monoisotopic (exact) mass is 376 g/mol. The third-order valence-corrected chi connectivity index (χ3v) is 3.67. The van der Waals surface area contributed by atoms with Gasteiger partial charge in [-0.15, -0.1) is 0 Å². The number of carbonyl (C=O) groups is 2. The number of hydrogen-bond donors (Lipinski definition) is 2. The molecule has 0 saturated carbocycles. The molecular formula is C17H17BrN2O3. The van der Waals surface area contributed by atoms with E-state index >= 15 is 0 Å². The maximum atomic E-state index is 12.0. The third kappa shape index (κ3) is 5.41. The average Bonchev–Trinajstić information content (AvgIpc) is 2.56. The number of halogens is 1. The van der Waals surface area contributed by atoms with Crippen molar-refractivity contribution in [1.82, 2.24) is 5.32 Å². The lowest BCUT2D eigenvalue weighted by molar-refractivity contribution is -0.128. The molecule has 0 heterocycles. The molecule has 0 aromatic heterocycles. The van der Waals surface area contributed by atoms with Crippen molar-refractivity contribution < 1.29 is 14.3 Å². The van der Waals surface area contributed by atoms with E-state index in [1.807, 2.05) is 30.3 Å². The highest BCUT2D eigenvalue weighted by atomic mass is 79.9. The molecule has 2 aromatic rings. The minimum Gasteiger partial charge on any atom is -0.436 e. The van der Waals surface area contributed by atoms with Gasteiger partial charge in [0.05, 0.1) is 0 Å². The highest BCUT2D eigenvalue weighted by molar-refractivity contribution is 9.10. The third-order valence-electron chi connectivity index (χ3n) is 3.14. The second-order valence-corrected chi connectivity index (χ2v) is 5.75. The molecule has 5 nitrogen and oxygen atoms in total. The fourth-order valence-corrected chi connectivity index (χ4v) is 2.25. The molecule has 6 heteroatoms. The molecule has 120 valence electrons. The van der Waals surface area contributed by atoms with Crippen LogP contribution in [0.25, 0.3) is 0 Å². The number of ether oxygens (including phenoxy) is 1. The lowest BCUT2D eigenvalue weighted by Crippen LogP contribution is -2.38. The van der Waals surface area contributed by atoms with Crippen molar-refractivity contribution in [3.8, 4) is 0 Å². The largest absolute Gasteiger partial charge is 0.436 e. The van der Waals surface area contributed by atoms with Gasteiger partial charge in [-0.05, 0) is 29.8 Å². The van der Waals surface area contributed by atoms with Crippen molar-refractivity contribution in [1.29, 1.82) is 0 Å². The molecule has 1 atom stereocenters.